The van der Waals surface area contributed by atoms with Crippen LogP contribution in [0.15, 0.2) is 28.8 Å². The van der Waals surface area contributed by atoms with Crippen LogP contribution in [-0.2, 0) is 4.74 Å². The molecule has 0 saturated carbocycles. The summed E-state index contributed by atoms with van der Waals surface area (Å²) >= 11 is 0. The van der Waals surface area contributed by atoms with Crippen molar-refractivity contribution in [1.82, 2.24) is 15.5 Å². The van der Waals surface area contributed by atoms with E-state index >= 15 is 0 Å². The largest absolute Gasteiger partial charge is 0.381 e. The summed E-state index contributed by atoms with van der Waals surface area (Å²) in [6.45, 7) is 3.04. The molecule has 1 amide bonds. The zero-order chi connectivity index (χ0) is 16.9. The fraction of sp³-hybridized carbons (Fsp3) is 0.412. The zero-order valence-electron chi connectivity index (χ0n) is 13.4. The molecular formula is C17H18N4O3. The van der Waals surface area contributed by atoms with Gasteiger partial charge in [-0.2, -0.15) is 10.2 Å². The third kappa shape index (κ3) is 3.60. The molecule has 0 radical (unpaired) electrons. The van der Waals surface area contributed by atoms with Crippen molar-refractivity contribution < 1.29 is 14.1 Å². The number of nitriles is 1. The molecule has 0 bridgehead atoms. The monoisotopic (exact) mass is 326 g/mol. The van der Waals surface area contributed by atoms with E-state index in [-0.39, 0.29) is 17.9 Å². The van der Waals surface area contributed by atoms with Gasteiger partial charge in [0.05, 0.1) is 11.6 Å². The minimum Gasteiger partial charge on any atom is -0.381 e. The molecule has 1 fully saturated rings. The first-order chi connectivity index (χ1) is 11.7. The Labute approximate surface area is 139 Å². The van der Waals surface area contributed by atoms with Gasteiger partial charge in [-0.15, -0.1) is 0 Å². The van der Waals surface area contributed by atoms with Gasteiger partial charge in [0.15, 0.2) is 5.82 Å². The Morgan fingerprint density at radius 3 is 2.88 bits per heavy atom. The van der Waals surface area contributed by atoms with Crippen molar-refractivity contribution in [2.24, 2.45) is 5.92 Å². The van der Waals surface area contributed by atoms with Gasteiger partial charge >= 0.3 is 0 Å². The van der Waals surface area contributed by atoms with Crippen LogP contribution >= 0.6 is 0 Å². The Morgan fingerprint density at radius 1 is 1.42 bits per heavy atom. The Hall–Kier alpha value is -2.72. The minimum atomic E-state index is -0.367. The number of rotatable bonds is 4. The highest BCUT2D eigenvalue weighted by Crippen LogP contribution is 2.29. The van der Waals surface area contributed by atoms with Crippen LogP contribution in [0.2, 0.25) is 0 Å². The Bertz CT molecular complexity index is 759. The number of aryl methyl sites for hydroxylation is 1. The molecule has 3 rings (SSSR count). The second-order valence-corrected chi connectivity index (χ2v) is 5.77. The first-order valence-corrected chi connectivity index (χ1v) is 7.86. The lowest BCUT2D eigenvalue weighted by Gasteiger charge is -2.28. The van der Waals surface area contributed by atoms with Crippen LogP contribution in [0.3, 0.4) is 0 Å². The van der Waals surface area contributed by atoms with Crippen LogP contribution in [0.4, 0.5) is 0 Å². The van der Waals surface area contributed by atoms with Crippen molar-refractivity contribution >= 4 is 5.91 Å². The summed E-state index contributed by atoms with van der Waals surface area (Å²) in [5.74, 6) is 0.841. The number of ether oxygens (including phenoxy) is 1. The topological polar surface area (TPSA) is 101 Å². The third-order valence-corrected chi connectivity index (χ3v) is 4.09. The standard InChI is InChI=1S/C17H18N4O3/c1-11-19-17(24-21-11)15(13-5-7-23-8-6-13)20-16(22)14-4-2-3-12(9-14)10-18/h2-4,9,13,15H,5-8H2,1H3,(H,20,22)/t15-/m1/s1. The number of aromatic nitrogens is 2. The number of hydrogen-bond acceptors (Lipinski definition) is 6. The Balaban J connectivity index is 1.82. The molecule has 0 aliphatic carbocycles. The molecule has 2 aromatic rings. The molecule has 0 spiro atoms. The lowest BCUT2D eigenvalue weighted by atomic mass is 9.91. The summed E-state index contributed by atoms with van der Waals surface area (Å²) in [4.78, 5) is 16.9. The van der Waals surface area contributed by atoms with Crippen LogP contribution in [0.5, 0.6) is 0 Å². The Kier molecular flexibility index (Phi) is 4.87. The summed E-state index contributed by atoms with van der Waals surface area (Å²) < 4.78 is 10.7. The quantitative estimate of drug-likeness (QED) is 0.924. The van der Waals surface area contributed by atoms with E-state index in [4.69, 9.17) is 14.5 Å². The summed E-state index contributed by atoms with van der Waals surface area (Å²) in [7, 11) is 0. The molecule has 2 heterocycles. The van der Waals surface area contributed by atoms with Gasteiger partial charge in [0.2, 0.25) is 5.89 Å². The summed E-state index contributed by atoms with van der Waals surface area (Å²) in [6, 6.07) is 8.26. The van der Waals surface area contributed by atoms with E-state index in [0.717, 1.165) is 12.8 Å². The number of carbonyl (C=O) groups is 1. The molecule has 7 nitrogen and oxygen atoms in total. The normalized spacial score (nSPS) is 16.3. The average Bonchev–Trinajstić information content (AvgIpc) is 3.06. The van der Waals surface area contributed by atoms with E-state index in [9.17, 15) is 4.79 Å². The summed E-state index contributed by atoms with van der Waals surface area (Å²) in [5.41, 5.74) is 0.876. The van der Waals surface area contributed by atoms with E-state index in [2.05, 4.69) is 15.5 Å². The lowest BCUT2D eigenvalue weighted by Crippen LogP contribution is -2.36. The van der Waals surface area contributed by atoms with Gasteiger partial charge in [-0.05, 0) is 43.9 Å². The zero-order valence-corrected chi connectivity index (χ0v) is 13.4. The molecule has 1 saturated heterocycles. The first kappa shape index (κ1) is 16.1. The van der Waals surface area contributed by atoms with Gasteiger partial charge in [-0.1, -0.05) is 11.2 Å². The van der Waals surface area contributed by atoms with Gasteiger partial charge in [-0.3, -0.25) is 4.79 Å². The molecule has 24 heavy (non-hydrogen) atoms. The first-order valence-electron chi connectivity index (χ1n) is 7.86. The van der Waals surface area contributed by atoms with Crippen molar-refractivity contribution in [2.75, 3.05) is 13.2 Å². The van der Waals surface area contributed by atoms with Gasteiger partial charge in [0.1, 0.15) is 6.04 Å². The predicted octanol–water partition coefficient (Wildman–Crippen LogP) is 2.15. The maximum atomic E-state index is 12.6. The molecule has 1 aliphatic rings. The van der Waals surface area contributed by atoms with E-state index < -0.39 is 0 Å². The molecule has 1 aromatic carbocycles. The van der Waals surface area contributed by atoms with E-state index in [1.807, 2.05) is 6.07 Å². The van der Waals surface area contributed by atoms with Crippen LogP contribution in [0.1, 0.15) is 46.5 Å². The van der Waals surface area contributed by atoms with Crippen molar-refractivity contribution in [3.63, 3.8) is 0 Å². The van der Waals surface area contributed by atoms with Crippen molar-refractivity contribution in [3.8, 4) is 6.07 Å². The molecule has 7 heteroatoms. The molecule has 1 atom stereocenters. The molecule has 0 unspecified atom stereocenters. The van der Waals surface area contributed by atoms with Crippen LogP contribution in [-0.4, -0.2) is 29.3 Å². The third-order valence-electron chi connectivity index (χ3n) is 4.09. The Morgan fingerprint density at radius 2 is 2.21 bits per heavy atom. The molecule has 1 N–H and O–H groups in total. The van der Waals surface area contributed by atoms with Crippen molar-refractivity contribution in [3.05, 3.63) is 47.1 Å². The average molecular weight is 326 g/mol. The molecular weight excluding hydrogens is 308 g/mol. The second kappa shape index (κ2) is 7.23. The van der Waals surface area contributed by atoms with Gasteiger partial charge < -0.3 is 14.6 Å². The van der Waals surface area contributed by atoms with E-state index in [0.29, 0.717) is 36.1 Å². The highest BCUT2D eigenvalue weighted by Gasteiger charge is 2.31. The maximum Gasteiger partial charge on any atom is 0.251 e. The second-order valence-electron chi connectivity index (χ2n) is 5.77. The van der Waals surface area contributed by atoms with Gasteiger partial charge in [0.25, 0.3) is 5.91 Å². The molecule has 1 aromatic heterocycles. The summed E-state index contributed by atoms with van der Waals surface area (Å²) in [5, 5.41) is 15.8. The van der Waals surface area contributed by atoms with Gasteiger partial charge in [0, 0.05) is 18.8 Å². The van der Waals surface area contributed by atoms with Crippen molar-refractivity contribution in [1.29, 1.82) is 5.26 Å². The van der Waals surface area contributed by atoms with Crippen LogP contribution in [0.25, 0.3) is 0 Å². The number of nitrogens with one attached hydrogen (secondary N) is 1. The lowest BCUT2D eigenvalue weighted by molar-refractivity contribution is 0.0468. The molecule has 124 valence electrons. The smallest absolute Gasteiger partial charge is 0.251 e. The number of amides is 1. The fourth-order valence-corrected chi connectivity index (χ4v) is 2.82. The fourth-order valence-electron chi connectivity index (χ4n) is 2.82. The number of hydrogen-bond donors (Lipinski definition) is 1. The molecule has 1 aliphatic heterocycles. The van der Waals surface area contributed by atoms with Crippen LogP contribution in [0, 0.1) is 24.2 Å². The maximum absolute atomic E-state index is 12.6. The van der Waals surface area contributed by atoms with Gasteiger partial charge in [-0.25, -0.2) is 0 Å². The number of carbonyl (C=O) groups excluding carboxylic acids is 1. The SMILES string of the molecule is Cc1noc([C@H](NC(=O)c2cccc(C#N)c2)C2CCOCC2)n1. The van der Waals surface area contributed by atoms with E-state index in [1.165, 1.54) is 0 Å². The number of nitrogens with zero attached hydrogens (tertiary/aromatic N) is 3. The highest BCUT2D eigenvalue weighted by atomic mass is 16.5. The predicted molar refractivity (Wildman–Crippen MR) is 83.9 cm³/mol. The van der Waals surface area contributed by atoms with E-state index in [1.54, 1.807) is 31.2 Å². The highest BCUT2D eigenvalue weighted by molar-refractivity contribution is 5.94. The van der Waals surface area contributed by atoms with Crippen LogP contribution < -0.4 is 5.32 Å². The number of benzene rings is 1. The summed E-state index contributed by atoms with van der Waals surface area (Å²) in [6.07, 6.45) is 1.62. The minimum absolute atomic E-state index is 0.168. The van der Waals surface area contributed by atoms with Crippen molar-refractivity contribution in [2.45, 2.75) is 25.8 Å².